The summed E-state index contributed by atoms with van der Waals surface area (Å²) in [7, 11) is 0. The molecule has 0 bridgehead atoms. The summed E-state index contributed by atoms with van der Waals surface area (Å²) in [6.07, 6.45) is -4.08. The number of carbonyl (C=O) groups is 1. The van der Waals surface area contributed by atoms with E-state index in [4.69, 9.17) is 15.0 Å². The standard InChI is InChI=1S/C9H11F3N2O3/c10-9(11,12)2-4-16-5-7-6(1-3-17-7)8(15)14-13/h1,3H,2,4-5,13H2,(H,14,15). The Morgan fingerprint density at radius 2 is 2.24 bits per heavy atom. The van der Waals surface area contributed by atoms with Gasteiger partial charge in [0.05, 0.1) is 24.9 Å². The lowest BCUT2D eigenvalue weighted by atomic mass is 10.2. The van der Waals surface area contributed by atoms with Gasteiger partial charge in [-0.2, -0.15) is 13.2 Å². The van der Waals surface area contributed by atoms with Gasteiger partial charge in [-0.3, -0.25) is 10.2 Å². The van der Waals surface area contributed by atoms with Crippen molar-refractivity contribution in [2.24, 2.45) is 5.84 Å². The minimum atomic E-state index is -4.26. The highest BCUT2D eigenvalue weighted by Crippen LogP contribution is 2.19. The van der Waals surface area contributed by atoms with Crippen LogP contribution in [0.5, 0.6) is 0 Å². The van der Waals surface area contributed by atoms with Gasteiger partial charge in [0.15, 0.2) is 0 Å². The molecule has 1 amide bonds. The Morgan fingerprint density at radius 1 is 1.53 bits per heavy atom. The van der Waals surface area contributed by atoms with E-state index in [-0.39, 0.29) is 17.9 Å². The summed E-state index contributed by atoms with van der Waals surface area (Å²) in [5, 5.41) is 0. The molecule has 1 heterocycles. The van der Waals surface area contributed by atoms with Gasteiger partial charge in [0.25, 0.3) is 5.91 Å². The van der Waals surface area contributed by atoms with E-state index in [0.29, 0.717) is 0 Å². The van der Waals surface area contributed by atoms with Crippen LogP contribution in [0.15, 0.2) is 16.7 Å². The lowest BCUT2D eigenvalue weighted by Crippen LogP contribution is -2.30. The SMILES string of the molecule is NNC(=O)c1ccoc1COCCC(F)(F)F. The zero-order valence-electron chi connectivity index (χ0n) is 8.71. The molecule has 3 N–H and O–H groups in total. The van der Waals surface area contributed by atoms with Crippen molar-refractivity contribution < 1.29 is 27.1 Å². The second-order valence-corrected chi connectivity index (χ2v) is 3.15. The molecule has 0 aliphatic carbocycles. The average molecular weight is 252 g/mol. The predicted octanol–water partition coefficient (Wildman–Crippen LogP) is 1.35. The predicted molar refractivity (Wildman–Crippen MR) is 50.7 cm³/mol. The molecule has 0 aliphatic rings. The maximum absolute atomic E-state index is 11.8. The number of amides is 1. The first kappa shape index (κ1) is 13.5. The molecule has 0 aliphatic heterocycles. The zero-order valence-corrected chi connectivity index (χ0v) is 8.71. The molecular formula is C9H11F3N2O3. The molecule has 1 aromatic heterocycles. The number of nitrogens with one attached hydrogen (secondary N) is 1. The Balaban J connectivity index is 2.42. The second kappa shape index (κ2) is 5.69. The van der Waals surface area contributed by atoms with Gasteiger partial charge in [0.2, 0.25) is 0 Å². The van der Waals surface area contributed by atoms with Crippen LogP contribution in [0.3, 0.4) is 0 Å². The Kier molecular flexibility index (Phi) is 4.53. The van der Waals surface area contributed by atoms with Gasteiger partial charge in [-0.25, -0.2) is 5.84 Å². The first-order valence-corrected chi connectivity index (χ1v) is 4.66. The quantitative estimate of drug-likeness (QED) is 0.359. The van der Waals surface area contributed by atoms with Gasteiger partial charge in [-0.15, -0.1) is 0 Å². The van der Waals surface area contributed by atoms with Crippen molar-refractivity contribution in [1.82, 2.24) is 5.43 Å². The maximum atomic E-state index is 11.8. The molecule has 1 rings (SSSR count). The van der Waals surface area contributed by atoms with Crippen LogP contribution in [-0.2, 0) is 11.3 Å². The molecule has 17 heavy (non-hydrogen) atoms. The van der Waals surface area contributed by atoms with Gasteiger partial charge in [-0.05, 0) is 6.07 Å². The van der Waals surface area contributed by atoms with E-state index in [2.05, 4.69) is 0 Å². The van der Waals surface area contributed by atoms with Crippen molar-refractivity contribution >= 4 is 5.91 Å². The second-order valence-electron chi connectivity index (χ2n) is 3.15. The molecule has 0 saturated heterocycles. The summed E-state index contributed by atoms with van der Waals surface area (Å²) in [5.74, 6) is 4.46. The maximum Gasteiger partial charge on any atom is 0.391 e. The van der Waals surface area contributed by atoms with Crippen LogP contribution < -0.4 is 11.3 Å². The third-order valence-corrected chi connectivity index (χ3v) is 1.88. The van der Waals surface area contributed by atoms with Crippen molar-refractivity contribution in [2.45, 2.75) is 19.2 Å². The number of hydrazine groups is 1. The van der Waals surface area contributed by atoms with E-state index in [1.54, 1.807) is 0 Å². The normalized spacial score (nSPS) is 11.5. The lowest BCUT2D eigenvalue weighted by Gasteiger charge is -2.06. The Morgan fingerprint density at radius 3 is 2.82 bits per heavy atom. The molecule has 0 fully saturated rings. The van der Waals surface area contributed by atoms with E-state index in [9.17, 15) is 18.0 Å². The van der Waals surface area contributed by atoms with Crippen molar-refractivity contribution in [1.29, 1.82) is 0 Å². The number of carbonyl (C=O) groups excluding carboxylic acids is 1. The fourth-order valence-corrected chi connectivity index (χ4v) is 1.09. The molecule has 0 saturated carbocycles. The van der Waals surface area contributed by atoms with Gasteiger partial charge >= 0.3 is 6.18 Å². The number of hydrogen-bond donors (Lipinski definition) is 2. The van der Waals surface area contributed by atoms with E-state index >= 15 is 0 Å². The summed E-state index contributed by atoms with van der Waals surface area (Å²) in [6, 6.07) is 1.35. The number of furan rings is 1. The lowest BCUT2D eigenvalue weighted by molar-refractivity contribution is -0.146. The van der Waals surface area contributed by atoms with Crippen molar-refractivity contribution in [3.63, 3.8) is 0 Å². The fourth-order valence-electron chi connectivity index (χ4n) is 1.09. The number of ether oxygens (including phenoxy) is 1. The molecule has 5 nitrogen and oxygen atoms in total. The zero-order chi connectivity index (χ0) is 12.9. The van der Waals surface area contributed by atoms with Crippen LogP contribution >= 0.6 is 0 Å². The average Bonchev–Trinajstić information content (AvgIpc) is 2.70. The molecule has 8 heteroatoms. The first-order valence-electron chi connectivity index (χ1n) is 4.66. The minimum absolute atomic E-state index is 0.134. The van der Waals surface area contributed by atoms with E-state index in [1.165, 1.54) is 12.3 Å². The Labute approximate surface area is 94.7 Å². The van der Waals surface area contributed by atoms with Gasteiger partial charge in [0, 0.05) is 0 Å². The van der Waals surface area contributed by atoms with Gasteiger partial charge in [0.1, 0.15) is 12.4 Å². The number of halogens is 3. The highest BCUT2D eigenvalue weighted by molar-refractivity contribution is 5.94. The highest BCUT2D eigenvalue weighted by Gasteiger charge is 2.26. The topological polar surface area (TPSA) is 77.5 Å². The molecule has 0 spiro atoms. The molecule has 0 radical (unpaired) electrons. The highest BCUT2D eigenvalue weighted by atomic mass is 19.4. The number of nitrogens with two attached hydrogens (primary N) is 1. The molecule has 0 aromatic carbocycles. The van der Waals surface area contributed by atoms with Gasteiger partial charge in [-0.1, -0.05) is 0 Å². The molecule has 1 aromatic rings. The van der Waals surface area contributed by atoms with Gasteiger partial charge < -0.3 is 9.15 Å². The summed E-state index contributed by atoms with van der Waals surface area (Å²) >= 11 is 0. The van der Waals surface area contributed by atoms with Crippen LogP contribution in [-0.4, -0.2) is 18.7 Å². The summed E-state index contributed by atoms with van der Waals surface area (Å²) in [5.41, 5.74) is 2.03. The summed E-state index contributed by atoms with van der Waals surface area (Å²) in [4.78, 5) is 11.2. The number of hydrogen-bond acceptors (Lipinski definition) is 4. The molecule has 96 valence electrons. The third kappa shape index (κ3) is 4.45. The van der Waals surface area contributed by atoms with E-state index < -0.39 is 25.1 Å². The van der Waals surface area contributed by atoms with Crippen LogP contribution in [0.1, 0.15) is 22.5 Å². The largest absolute Gasteiger partial charge is 0.466 e. The Hall–Kier alpha value is -1.54. The molecule has 0 atom stereocenters. The van der Waals surface area contributed by atoms with Crippen LogP contribution in [0.2, 0.25) is 0 Å². The molecule has 0 unspecified atom stereocenters. The number of nitrogen functional groups attached to an aromatic ring is 1. The summed E-state index contributed by atoms with van der Waals surface area (Å²) in [6.45, 7) is -0.709. The fraction of sp³-hybridized carbons (Fsp3) is 0.444. The summed E-state index contributed by atoms with van der Waals surface area (Å²) < 4.78 is 45.1. The van der Waals surface area contributed by atoms with Crippen molar-refractivity contribution in [3.8, 4) is 0 Å². The first-order chi connectivity index (χ1) is 7.94. The number of rotatable bonds is 5. The van der Waals surface area contributed by atoms with Crippen LogP contribution in [0.25, 0.3) is 0 Å². The third-order valence-electron chi connectivity index (χ3n) is 1.88. The monoisotopic (exact) mass is 252 g/mol. The van der Waals surface area contributed by atoms with Crippen molar-refractivity contribution in [2.75, 3.05) is 6.61 Å². The minimum Gasteiger partial charge on any atom is -0.466 e. The van der Waals surface area contributed by atoms with Crippen molar-refractivity contribution in [3.05, 3.63) is 23.7 Å². The van der Waals surface area contributed by atoms with E-state index in [1.807, 2.05) is 5.43 Å². The number of alkyl halides is 3. The van der Waals surface area contributed by atoms with Crippen LogP contribution in [0, 0.1) is 0 Å². The molecular weight excluding hydrogens is 241 g/mol. The Bertz CT molecular complexity index is 376. The smallest absolute Gasteiger partial charge is 0.391 e. The van der Waals surface area contributed by atoms with Crippen LogP contribution in [0.4, 0.5) is 13.2 Å². The van der Waals surface area contributed by atoms with E-state index in [0.717, 1.165) is 0 Å².